The first kappa shape index (κ1) is 17.7. The Bertz CT molecular complexity index is 501. The molecule has 0 spiro atoms. The molecule has 2 rings (SSSR count). The van der Waals surface area contributed by atoms with Gasteiger partial charge in [-0.3, -0.25) is 9.69 Å². The number of unbranched alkanes of at least 4 members (excludes halogenated alkanes) is 1. The third kappa shape index (κ3) is 5.20. The Morgan fingerprint density at radius 2 is 1.91 bits per heavy atom. The first-order valence-electron chi connectivity index (χ1n) is 8.57. The van der Waals surface area contributed by atoms with Crippen LogP contribution in [0.4, 0.5) is 10.1 Å². The maximum absolute atomic E-state index is 13.8. The van der Waals surface area contributed by atoms with Crippen molar-refractivity contribution in [3.8, 4) is 0 Å². The van der Waals surface area contributed by atoms with Crippen LogP contribution >= 0.6 is 0 Å². The summed E-state index contributed by atoms with van der Waals surface area (Å²) in [5.74, 6) is 0.0589. The second-order valence-electron chi connectivity index (χ2n) is 6.20. The van der Waals surface area contributed by atoms with Gasteiger partial charge in [0, 0.05) is 52.7 Å². The molecule has 0 aromatic heterocycles. The van der Waals surface area contributed by atoms with Gasteiger partial charge in [-0.05, 0) is 18.6 Å². The summed E-state index contributed by atoms with van der Waals surface area (Å²) in [7, 11) is 1.88. The molecule has 0 aliphatic carbocycles. The second kappa shape index (κ2) is 8.87. The van der Waals surface area contributed by atoms with Crippen molar-refractivity contribution in [2.24, 2.45) is 0 Å². The second-order valence-corrected chi connectivity index (χ2v) is 6.20. The molecule has 1 aliphatic heterocycles. The van der Waals surface area contributed by atoms with E-state index in [1.807, 2.05) is 24.1 Å². The standard InChI is InChI=1S/C18H28FN3O/c1-3-4-10-20(2)18(23)9-11-21-12-14-22(15-13-21)17-8-6-5-7-16(17)19/h5-8H,3-4,9-15H2,1-2H3. The average molecular weight is 321 g/mol. The fourth-order valence-electron chi connectivity index (χ4n) is 2.89. The van der Waals surface area contributed by atoms with Crippen LogP contribution < -0.4 is 4.90 Å². The molecule has 1 aromatic rings. The van der Waals surface area contributed by atoms with Crippen molar-refractivity contribution >= 4 is 11.6 Å². The summed E-state index contributed by atoms with van der Waals surface area (Å²) in [6.07, 6.45) is 2.74. The molecule has 0 atom stereocenters. The van der Waals surface area contributed by atoms with Gasteiger partial charge in [0.2, 0.25) is 5.91 Å². The first-order chi connectivity index (χ1) is 11.1. The topological polar surface area (TPSA) is 26.8 Å². The van der Waals surface area contributed by atoms with E-state index in [1.165, 1.54) is 6.07 Å². The minimum atomic E-state index is -0.159. The summed E-state index contributed by atoms with van der Waals surface area (Å²) in [6, 6.07) is 6.93. The van der Waals surface area contributed by atoms with E-state index in [1.54, 1.807) is 6.07 Å². The number of rotatable bonds is 7. The van der Waals surface area contributed by atoms with Crippen LogP contribution in [0.2, 0.25) is 0 Å². The number of anilines is 1. The van der Waals surface area contributed by atoms with Gasteiger partial charge >= 0.3 is 0 Å². The Labute approximate surface area is 138 Å². The van der Waals surface area contributed by atoms with Gasteiger partial charge in [-0.2, -0.15) is 0 Å². The van der Waals surface area contributed by atoms with E-state index < -0.39 is 0 Å². The molecule has 0 saturated carbocycles. The van der Waals surface area contributed by atoms with E-state index in [0.29, 0.717) is 12.1 Å². The lowest BCUT2D eigenvalue weighted by Crippen LogP contribution is -2.47. The van der Waals surface area contributed by atoms with E-state index in [4.69, 9.17) is 0 Å². The molecule has 1 aliphatic rings. The molecule has 0 unspecified atom stereocenters. The summed E-state index contributed by atoms with van der Waals surface area (Å²) in [5, 5.41) is 0. The zero-order chi connectivity index (χ0) is 16.7. The lowest BCUT2D eigenvalue weighted by molar-refractivity contribution is -0.130. The Morgan fingerprint density at radius 1 is 1.22 bits per heavy atom. The van der Waals surface area contributed by atoms with Crippen molar-refractivity contribution in [3.05, 3.63) is 30.1 Å². The average Bonchev–Trinajstić information content (AvgIpc) is 2.58. The molecule has 128 valence electrons. The minimum absolute atomic E-state index is 0.159. The molecule has 0 bridgehead atoms. The van der Waals surface area contributed by atoms with E-state index in [0.717, 1.165) is 52.1 Å². The zero-order valence-electron chi connectivity index (χ0n) is 14.3. The first-order valence-corrected chi connectivity index (χ1v) is 8.57. The molecule has 1 amide bonds. The third-order valence-corrected chi connectivity index (χ3v) is 4.48. The molecule has 0 N–H and O–H groups in total. The van der Waals surface area contributed by atoms with Crippen molar-refractivity contribution in [1.82, 2.24) is 9.80 Å². The summed E-state index contributed by atoms with van der Waals surface area (Å²) in [6.45, 7) is 7.13. The van der Waals surface area contributed by atoms with Crippen LogP contribution in [0.5, 0.6) is 0 Å². The molecule has 4 nitrogen and oxygen atoms in total. The summed E-state index contributed by atoms with van der Waals surface area (Å²) < 4.78 is 13.8. The predicted octanol–water partition coefficient (Wildman–Crippen LogP) is 2.60. The van der Waals surface area contributed by atoms with Gasteiger partial charge in [0.05, 0.1) is 5.69 Å². The van der Waals surface area contributed by atoms with Crippen LogP contribution in [0.25, 0.3) is 0 Å². The number of halogens is 1. The molecule has 1 aromatic carbocycles. The third-order valence-electron chi connectivity index (χ3n) is 4.48. The number of carbonyl (C=O) groups excluding carboxylic acids is 1. The minimum Gasteiger partial charge on any atom is -0.367 e. The van der Waals surface area contributed by atoms with Crippen LogP contribution in [-0.4, -0.2) is 62.0 Å². The Hall–Kier alpha value is -1.62. The number of benzene rings is 1. The number of nitrogens with zero attached hydrogens (tertiary/aromatic N) is 3. The molecule has 0 radical (unpaired) electrons. The lowest BCUT2D eigenvalue weighted by atomic mass is 10.2. The molecule has 1 saturated heterocycles. The van der Waals surface area contributed by atoms with E-state index >= 15 is 0 Å². The highest BCUT2D eigenvalue weighted by Gasteiger charge is 2.20. The van der Waals surface area contributed by atoms with Gasteiger partial charge in [0.15, 0.2) is 0 Å². The molecule has 5 heteroatoms. The zero-order valence-corrected chi connectivity index (χ0v) is 14.3. The fourth-order valence-corrected chi connectivity index (χ4v) is 2.89. The van der Waals surface area contributed by atoms with Crippen LogP contribution in [0.1, 0.15) is 26.2 Å². The predicted molar refractivity (Wildman–Crippen MR) is 92.2 cm³/mol. The largest absolute Gasteiger partial charge is 0.367 e. The van der Waals surface area contributed by atoms with Gasteiger partial charge in [-0.1, -0.05) is 25.5 Å². The van der Waals surface area contributed by atoms with E-state index in [9.17, 15) is 9.18 Å². The monoisotopic (exact) mass is 321 g/mol. The van der Waals surface area contributed by atoms with Crippen molar-refractivity contribution in [1.29, 1.82) is 0 Å². The van der Waals surface area contributed by atoms with Crippen molar-refractivity contribution in [2.75, 3.05) is 51.2 Å². The SMILES string of the molecule is CCCCN(C)C(=O)CCN1CCN(c2ccccc2F)CC1. The van der Waals surface area contributed by atoms with Gasteiger partial charge in [0.1, 0.15) is 5.82 Å². The number of carbonyl (C=O) groups is 1. The number of para-hydroxylation sites is 1. The van der Waals surface area contributed by atoms with Crippen LogP contribution in [0.3, 0.4) is 0 Å². The van der Waals surface area contributed by atoms with Crippen LogP contribution in [0, 0.1) is 5.82 Å². The summed E-state index contributed by atoms with van der Waals surface area (Å²) >= 11 is 0. The molecule has 23 heavy (non-hydrogen) atoms. The number of amides is 1. The smallest absolute Gasteiger partial charge is 0.223 e. The van der Waals surface area contributed by atoms with Gasteiger partial charge < -0.3 is 9.80 Å². The van der Waals surface area contributed by atoms with Crippen molar-refractivity contribution < 1.29 is 9.18 Å². The van der Waals surface area contributed by atoms with E-state index in [-0.39, 0.29) is 11.7 Å². The molecule has 1 fully saturated rings. The normalized spacial score (nSPS) is 15.7. The summed E-state index contributed by atoms with van der Waals surface area (Å²) in [5.41, 5.74) is 0.683. The molecule has 1 heterocycles. The lowest BCUT2D eigenvalue weighted by Gasteiger charge is -2.36. The van der Waals surface area contributed by atoms with Gasteiger partial charge in [-0.15, -0.1) is 0 Å². The van der Waals surface area contributed by atoms with Crippen molar-refractivity contribution in [3.63, 3.8) is 0 Å². The summed E-state index contributed by atoms with van der Waals surface area (Å²) in [4.78, 5) is 18.3. The molecular formula is C18H28FN3O. The quantitative estimate of drug-likeness (QED) is 0.772. The van der Waals surface area contributed by atoms with Crippen LogP contribution in [0.15, 0.2) is 24.3 Å². The maximum Gasteiger partial charge on any atom is 0.223 e. The Kier molecular flexibility index (Phi) is 6.84. The highest BCUT2D eigenvalue weighted by molar-refractivity contribution is 5.76. The number of piperazine rings is 1. The maximum atomic E-state index is 13.8. The van der Waals surface area contributed by atoms with E-state index in [2.05, 4.69) is 16.7 Å². The molecular weight excluding hydrogens is 293 g/mol. The number of hydrogen-bond donors (Lipinski definition) is 0. The Morgan fingerprint density at radius 3 is 2.57 bits per heavy atom. The number of hydrogen-bond acceptors (Lipinski definition) is 3. The van der Waals surface area contributed by atoms with Crippen LogP contribution in [-0.2, 0) is 4.79 Å². The highest BCUT2D eigenvalue weighted by Crippen LogP contribution is 2.20. The van der Waals surface area contributed by atoms with Gasteiger partial charge in [0.25, 0.3) is 0 Å². The Balaban J connectivity index is 1.73. The highest BCUT2D eigenvalue weighted by atomic mass is 19.1. The van der Waals surface area contributed by atoms with Gasteiger partial charge in [-0.25, -0.2) is 4.39 Å². The fraction of sp³-hybridized carbons (Fsp3) is 0.611. The van der Waals surface area contributed by atoms with Crippen molar-refractivity contribution in [2.45, 2.75) is 26.2 Å².